The summed E-state index contributed by atoms with van der Waals surface area (Å²) >= 11 is 0. The third-order valence-corrected chi connectivity index (χ3v) is 5.15. The Labute approximate surface area is 159 Å². The maximum absolute atomic E-state index is 13.1. The fraction of sp³-hybridized carbons (Fsp3) is 0.474. The summed E-state index contributed by atoms with van der Waals surface area (Å²) in [5, 5.41) is 4.50. The van der Waals surface area contributed by atoms with E-state index in [4.69, 9.17) is 5.73 Å². The van der Waals surface area contributed by atoms with E-state index in [0.717, 1.165) is 37.3 Å². The molecule has 0 radical (unpaired) electrons. The number of nitrogens with two attached hydrogens (primary N) is 1. The number of carbonyl (C=O) groups excluding carboxylic acids is 1. The fourth-order valence-corrected chi connectivity index (χ4v) is 3.57. The van der Waals surface area contributed by atoms with Gasteiger partial charge in [0.15, 0.2) is 0 Å². The van der Waals surface area contributed by atoms with Crippen molar-refractivity contribution in [1.29, 1.82) is 0 Å². The van der Waals surface area contributed by atoms with E-state index in [0.29, 0.717) is 17.2 Å². The number of nitrogens with zero attached hydrogens (tertiary/aromatic N) is 3. The molecule has 0 spiro atoms. The molecule has 2 heterocycles. The number of aromatic nitrogens is 2. The molecule has 1 atom stereocenters. The molecule has 3 rings (SSSR count). The lowest BCUT2D eigenvalue weighted by molar-refractivity contribution is 0.0679. The molecule has 1 unspecified atom stereocenters. The number of piperidine rings is 1. The molecule has 1 saturated heterocycles. The minimum atomic E-state index is -0.293. The Kier molecular flexibility index (Phi) is 6.42. The Hall–Kier alpha value is -1.92. The van der Waals surface area contributed by atoms with Gasteiger partial charge in [0, 0.05) is 19.1 Å². The van der Waals surface area contributed by atoms with Gasteiger partial charge in [0.25, 0.3) is 5.91 Å². The van der Waals surface area contributed by atoms with Crippen molar-refractivity contribution in [2.24, 2.45) is 11.7 Å². The van der Waals surface area contributed by atoms with Crippen LogP contribution in [-0.2, 0) is 0 Å². The van der Waals surface area contributed by atoms with E-state index in [9.17, 15) is 9.18 Å². The normalized spacial score (nSPS) is 16.3. The van der Waals surface area contributed by atoms with Gasteiger partial charge in [-0.2, -0.15) is 5.10 Å². The van der Waals surface area contributed by atoms with Gasteiger partial charge in [-0.3, -0.25) is 4.79 Å². The summed E-state index contributed by atoms with van der Waals surface area (Å²) in [6.07, 6.45) is 1.88. The van der Waals surface area contributed by atoms with E-state index >= 15 is 0 Å². The molecule has 1 aromatic heterocycles. The SMILES string of the molecule is Cc1nn(-c2ccc(F)cc2)c(C)c1C(=O)N1CCC(C(C)N)CC1.Cl. The number of amides is 1. The molecule has 2 aromatic rings. The second kappa shape index (κ2) is 8.18. The van der Waals surface area contributed by atoms with Crippen LogP contribution in [0.1, 0.15) is 41.5 Å². The first kappa shape index (κ1) is 20.4. The average Bonchev–Trinajstić information content (AvgIpc) is 2.89. The lowest BCUT2D eigenvalue weighted by Gasteiger charge is -2.33. The summed E-state index contributed by atoms with van der Waals surface area (Å²) in [6.45, 7) is 7.21. The molecule has 0 saturated carbocycles. The summed E-state index contributed by atoms with van der Waals surface area (Å²) in [6, 6.07) is 6.29. The molecule has 26 heavy (non-hydrogen) atoms. The van der Waals surface area contributed by atoms with Gasteiger partial charge in [-0.05, 0) is 63.8 Å². The van der Waals surface area contributed by atoms with Crippen LogP contribution in [0.2, 0.25) is 0 Å². The van der Waals surface area contributed by atoms with Gasteiger partial charge in [0.1, 0.15) is 5.82 Å². The minimum Gasteiger partial charge on any atom is -0.339 e. The van der Waals surface area contributed by atoms with Crippen LogP contribution >= 0.6 is 12.4 Å². The second-order valence-corrected chi connectivity index (χ2v) is 6.92. The maximum Gasteiger partial charge on any atom is 0.257 e. The molecular formula is C19H26ClFN4O. The van der Waals surface area contributed by atoms with E-state index < -0.39 is 0 Å². The van der Waals surface area contributed by atoms with Gasteiger partial charge in [-0.15, -0.1) is 12.4 Å². The van der Waals surface area contributed by atoms with E-state index in [1.165, 1.54) is 12.1 Å². The number of benzene rings is 1. The van der Waals surface area contributed by atoms with Crippen LogP contribution < -0.4 is 5.73 Å². The van der Waals surface area contributed by atoms with Crippen molar-refractivity contribution in [3.63, 3.8) is 0 Å². The Morgan fingerprint density at radius 2 is 1.81 bits per heavy atom. The lowest BCUT2D eigenvalue weighted by Crippen LogP contribution is -2.42. The standard InChI is InChI=1S/C19H25FN4O.ClH/c1-12(21)15-8-10-23(11-9-15)19(25)18-13(2)22-24(14(18)3)17-6-4-16(20)5-7-17;/h4-7,12,15H,8-11,21H2,1-3H3;1H. The van der Waals surface area contributed by atoms with Crippen LogP contribution in [0.25, 0.3) is 5.69 Å². The summed E-state index contributed by atoms with van der Waals surface area (Å²) in [7, 11) is 0. The highest BCUT2D eigenvalue weighted by atomic mass is 35.5. The van der Waals surface area contributed by atoms with Crippen LogP contribution in [-0.4, -0.2) is 39.7 Å². The largest absolute Gasteiger partial charge is 0.339 e. The van der Waals surface area contributed by atoms with Crippen LogP contribution in [0.4, 0.5) is 4.39 Å². The third kappa shape index (κ3) is 3.91. The van der Waals surface area contributed by atoms with Gasteiger partial charge < -0.3 is 10.6 Å². The Balaban J connectivity index is 0.00000243. The molecule has 5 nitrogen and oxygen atoms in total. The quantitative estimate of drug-likeness (QED) is 0.888. The predicted molar refractivity (Wildman–Crippen MR) is 103 cm³/mol. The number of halogens is 2. The molecule has 1 aromatic carbocycles. The molecule has 1 aliphatic heterocycles. The average molecular weight is 381 g/mol. The second-order valence-electron chi connectivity index (χ2n) is 6.92. The highest BCUT2D eigenvalue weighted by Crippen LogP contribution is 2.24. The third-order valence-electron chi connectivity index (χ3n) is 5.15. The number of hydrogen-bond donors (Lipinski definition) is 1. The summed E-state index contributed by atoms with van der Waals surface area (Å²) in [5.74, 6) is 0.207. The predicted octanol–water partition coefficient (Wildman–Crippen LogP) is 3.25. The zero-order valence-electron chi connectivity index (χ0n) is 15.4. The van der Waals surface area contributed by atoms with E-state index in [-0.39, 0.29) is 30.2 Å². The van der Waals surface area contributed by atoms with Crippen LogP contribution in [0.5, 0.6) is 0 Å². The molecular weight excluding hydrogens is 355 g/mol. The highest BCUT2D eigenvalue weighted by molar-refractivity contribution is 5.96. The molecule has 142 valence electrons. The van der Waals surface area contributed by atoms with Gasteiger partial charge >= 0.3 is 0 Å². The van der Waals surface area contributed by atoms with Crippen molar-refractivity contribution in [2.45, 2.75) is 39.7 Å². The van der Waals surface area contributed by atoms with Gasteiger partial charge in [-0.1, -0.05) is 0 Å². The first-order valence-corrected chi connectivity index (χ1v) is 8.75. The van der Waals surface area contributed by atoms with Crippen LogP contribution in [0, 0.1) is 25.6 Å². The number of rotatable bonds is 3. The lowest BCUT2D eigenvalue weighted by atomic mass is 9.90. The van der Waals surface area contributed by atoms with Crippen molar-refractivity contribution in [3.05, 3.63) is 47.0 Å². The van der Waals surface area contributed by atoms with Crippen molar-refractivity contribution in [1.82, 2.24) is 14.7 Å². The Morgan fingerprint density at radius 1 is 1.23 bits per heavy atom. The van der Waals surface area contributed by atoms with Gasteiger partial charge in [0.2, 0.25) is 0 Å². The summed E-state index contributed by atoms with van der Waals surface area (Å²) < 4.78 is 14.9. The molecule has 2 N–H and O–H groups in total. The van der Waals surface area contributed by atoms with Crippen LogP contribution in [0.3, 0.4) is 0 Å². The van der Waals surface area contributed by atoms with E-state index in [1.807, 2.05) is 25.7 Å². The van der Waals surface area contributed by atoms with E-state index in [2.05, 4.69) is 5.10 Å². The number of carbonyl (C=O) groups is 1. The molecule has 1 fully saturated rings. The maximum atomic E-state index is 13.1. The summed E-state index contributed by atoms with van der Waals surface area (Å²) in [4.78, 5) is 14.9. The van der Waals surface area contributed by atoms with Crippen molar-refractivity contribution in [3.8, 4) is 5.69 Å². The number of hydrogen-bond acceptors (Lipinski definition) is 3. The minimum absolute atomic E-state index is 0. The Morgan fingerprint density at radius 3 is 2.35 bits per heavy atom. The molecule has 1 aliphatic rings. The number of aryl methyl sites for hydroxylation is 1. The highest BCUT2D eigenvalue weighted by Gasteiger charge is 2.29. The van der Waals surface area contributed by atoms with Gasteiger partial charge in [0.05, 0.1) is 22.6 Å². The number of likely N-dealkylation sites (tertiary alicyclic amines) is 1. The van der Waals surface area contributed by atoms with E-state index in [1.54, 1.807) is 16.8 Å². The molecule has 1 amide bonds. The summed E-state index contributed by atoms with van der Waals surface area (Å²) in [5.41, 5.74) is 8.85. The first-order valence-electron chi connectivity index (χ1n) is 8.75. The van der Waals surface area contributed by atoms with Gasteiger partial charge in [-0.25, -0.2) is 9.07 Å². The topological polar surface area (TPSA) is 64.2 Å². The van der Waals surface area contributed by atoms with Crippen LogP contribution in [0.15, 0.2) is 24.3 Å². The monoisotopic (exact) mass is 380 g/mol. The van der Waals surface area contributed by atoms with Crippen molar-refractivity contribution >= 4 is 18.3 Å². The van der Waals surface area contributed by atoms with Crippen molar-refractivity contribution < 1.29 is 9.18 Å². The molecule has 7 heteroatoms. The zero-order chi connectivity index (χ0) is 18.1. The zero-order valence-corrected chi connectivity index (χ0v) is 16.2. The smallest absolute Gasteiger partial charge is 0.257 e. The first-order chi connectivity index (χ1) is 11.9. The van der Waals surface area contributed by atoms with Crippen molar-refractivity contribution in [2.75, 3.05) is 13.1 Å². The Bertz CT molecular complexity index is 765. The molecule has 0 aliphatic carbocycles. The fourth-order valence-electron chi connectivity index (χ4n) is 3.57. The molecule has 0 bridgehead atoms.